The van der Waals surface area contributed by atoms with Crippen molar-refractivity contribution >= 4 is 11.6 Å². The molecule has 1 heterocycles. The summed E-state index contributed by atoms with van der Waals surface area (Å²) in [6.07, 6.45) is 2.85. The van der Waals surface area contributed by atoms with Gasteiger partial charge >= 0.3 is 0 Å². The van der Waals surface area contributed by atoms with Crippen LogP contribution in [0.15, 0.2) is 77.4 Å². The number of hydrogen-bond acceptors (Lipinski definition) is 2. The maximum atomic E-state index is 12.0. The summed E-state index contributed by atoms with van der Waals surface area (Å²) in [5, 5.41) is 2.93. The van der Waals surface area contributed by atoms with Gasteiger partial charge in [0.2, 0.25) is 5.91 Å². The van der Waals surface area contributed by atoms with Gasteiger partial charge < -0.3 is 9.73 Å². The Hall–Kier alpha value is -2.81. The first-order chi connectivity index (χ1) is 10.8. The number of carbonyl (C=O) groups excluding carboxylic acids is 1. The van der Waals surface area contributed by atoms with Gasteiger partial charge in [0.25, 0.3) is 0 Å². The van der Waals surface area contributed by atoms with Crippen LogP contribution < -0.4 is 5.32 Å². The second-order valence-electron chi connectivity index (χ2n) is 5.09. The van der Waals surface area contributed by atoms with Crippen LogP contribution in [-0.2, 0) is 11.2 Å². The highest BCUT2D eigenvalue weighted by Gasteiger charge is 2.05. The first-order valence-electron chi connectivity index (χ1n) is 7.29. The first-order valence-corrected chi connectivity index (χ1v) is 7.29. The highest BCUT2D eigenvalue weighted by atomic mass is 16.3. The zero-order valence-corrected chi connectivity index (χ0v) is 12.2. The molecule has 0 saturated carbocycles. The Bertz CT molecular complexity index is 733. The van der Waals surface area contributed by atoms with Crippen LogP contribution in [0.4, 0.5) is 5.69 Å². The number of rotatable bonds is 5. The molecule has 110 valence electrons. The van der Waals surface area contributed by atoms with Crippen LogP contribution in [0.1, 0.15) is 12.0 Å². The van der Waals surface area contributed by atoms with E-state index in [2.05, 4.69) is 5.32 Å². The molecule has 22 heavy (non-hydrogen) atoms. The molecule has 3 heteroatoms. The molecule has 0 bridgehead atoms. The van der Waals surface area contributed by atoms with E-state index >= 15 is 0 Å². The second kappa shape index (κ2) is 6.76. The van der Waals surface area contributed by atoms with Gasteiger partial charge in [-0.05, 0) is 36.2 Å². The molecule has 0 spiro atoms. The summed E-state index contributed by atoms with van der Waals surface area (Å²) >= 11 is 0. The van der Waals surface area contributed by atoms with Crippen molar-refractivity contribution in [1.29, 1.82) is 0 Å². The van der Waals surface area contributed by atoms with E-state index in [0.717, 1.165) is 23.4 Å². The minimum Gasteiger partial charge on any atom is -0.464 e. The lowest BCUT2D eigenvalue weighted by Gasteiger charge is -2.07. The fourth-order valence-corrected chi connectivity index (χ4v) is 2.32. The monoisotopic (exact) mass is 291 g/mol. The van der Waals surface area contributed by atoms with Gasteiger partial charge in [0.15, 0.2) is 0 Å². The highest BCUT2D eigenvalue weighted by molar-refractivity contribution is 5.91. The predicted molar refractivity (Wildman–Crippen MR) is 87.5 cm³/mol. The zero-order chi connectivity index (χ0) is 15.2. The van der Waals surface area contributed by atoms with Gasteiger partial charge in [-0.3, -0.25) is 4.79 Å². The standard InChI is InChI=1S/C19H17NO2/c21-19(12-11-15-6-2-1-3-7-15)20-17-9-4-8-16(14-17)18-10-5-13-22-18/h1-10,13-14H,11-12H2,(H,20,21). The molecule has 3 aromatic rings. The van der Waals surface area contributed by atoms with E-state index in [1.54, 1.807) is 6.26 Å². The average molecular weight is 291 g/mol. The largest absolute Gasteiger partial charge is 0.464 e. The summed E-state index contributed by atoms with van der Waals surface area (Å²) in [5.41, 5.74) is 2.90. The number of nitrogens with one attached hydrogen (secondary N) is 1. The van der Waals surface area contributed by atoms with Crippen LogP contribution in [0, 0.1) is 0 Å². The van der Waals surface area contributed by atoms with Crippen molar-refractivity contribution in [2.24, 2.45) is 0 Å². The molecule has 0 radical (unpaired) electrons. The number of hydrogen-bond donors (Lipinski definition) is 1. The average Bonchev–Trinajstić information content (AvgIpc) is 3.09. The van der Waals surface area contributed by atoms with E-state index in [-0.39, 0.29) is 5.91 Å². The number of benzene rings is 2. The molecule has 0 aliphatic rings. The Morgan fingerprint density at radius 1 is 0.955 bits per heavy atom. The fourth-order valence-electron chi connectivity index (χ4n) is 2.32. The fraction of sp³-hybridized carbons (Fsp3) is 0.105. The molecule has 3 rings (SSSR count). The van der Waals surface area contributed by atoms with Gasteiger partial charge in [-0.15, -0.1) is 0 Å². The minimum atomic E-state index is 0.0143. The molecule has 0 aliphatic heterocycles. The maximum absolute atomic E-state index is 12.0. The van der Waals surface area contributed by atoms with E-state index in [4.69, 9.17) is 4.42 Å². The third kappa shape index (κ3) is 3.64. The molecular weight excluding hydrogens is 274 g/mol. The van der Waals surface area contributed by atoms with Crippen molar-refractivity contribution in [1.82, 2.24) is 0 Å². The quantitative estimate of drug-likeness (QED) is 0.751. The number of furan rings is 1. The summed E-state index contributed by atoms with van der Waals surface area (Å²) in [4.78, 5) is 12.0. The van der Waals surface area contributed by atoms with E-state index < -0.39 is 0 Å². The van der Waals surface area contributed by atoms with E-state index in [1.165, 1.54) is 5.56 Å². The molecule has 1 amide bonds. The number of anilines is 1. The molecule has 2 aromatic carbocycles. The molecule has 0 aliphatic carbocycles. The summed E-state index contributed by atoms with van der Waals surface area (Å²) in [6, 6.07) is 21.4. The lowest BCUT2D eigenvalue weighted by atomic mass is 10.1. The van der Waals surface area contributed by atoms with E-state index in [9.17, 15) is 4.79 Å². The lowest BCUT2D eigenvalue weighted by molar-refractivity contribution is -0.116. The predicted octanol–water partition coefficient (Wildman–Crippen LogP) is 4.52. The van der Waals surface area contributed by atoms with Gasteiger partial charge in [-0.25, -0.2) is 0 Å². The smallest absolute Gasteiger partial charge is 0.224 e. The molecule has 0 atom stereocenters. The van der Waals surface area contributed by atoms with Crippen molar-refractivity contribution in [2.45, 2.75) is 12.8 Å². The van der Waals surface area contributed by atoms with Crippen molar-refractivity contribution in [3.63, 3.8) is 0 Å². The van der Waals surface area contributed by atoms with Gasteiger partial charge in [-0.2, -0.15) is 0 Å². The van der Waals surface area contributed by atoms with Crippen molar-refractivity contribution in [3.05, 3.63) is 78.6 Å². The number of carbonyl (C=O) groups is 1. The topological polar surface area (TPSA) is 42.2 Å². The van der Waals surface area contributed by atoms with Crippen LogP contribution in [0.5, 0.6) is 0 Å². The second-order valence-corrected chi connectivity index (χ2v) is 5.09. The van der Waals surface area contributed by atoms with Crippen LogP contribution in [0.2, 0.25) is 0 Å². The van der Waals surface area contributed by atoms with Crippen LogP contribution >= 0.6 is 0 Å². The number of aryl methyl sites for hydroxylation is 1. The van der Waals surface area contributed by atoms with Crippen LogP contribution in [0.3, 0.4) is 0 Å². The van der Waals surface area contributed by atoms with Gasteiger partial charge in [0.1, 0.15) is 5.76 Å². The SMILES string of the molecule is O=C(CCc1ccccc1)Nc1cccc(-c2ccco2)c1. The summed E-state index contributed by atoms with van der Waals surface area (Å²) in [5.74, 6) is 0.806. The Labute approximate surface area is 129 Å². The maximum Gasteiger partial charge on any atom is 0.224 e. The van der Waals surface area contributed by atoms with Crippen molar-refractivity contribution in [3.8, 4) is 11.3 Å². The van der Waals surface area contributed by atoms with Gasteiger partial charge in [0, 0.05) is 17.7 Å². The van der Waals surface area contributed by atoms with E-state index in [1.807, 2.05) is 66.7 Å². The van der Waals surface area contributed by atoms with Crippen LogP contribution in [-0.4, -0.2) is 5.91 Å². The third-order valence-corrected chi connectivity index (χ3v) is 3.44. The third-order valence-electron chi connectivity index (χ3n) is 3.44. The molecule has 0 fully saturated rings. The van der Waals surface area contributed by atoms with Gasteiger partial charge in [0.05, 0.1) is 6.26 Å². The Morgan fingerprint density at radius 2 is 1.82 bits per heavy atom. The zero-order valence-electron chi connectivity index (χ0n) is 12.2. The van der Waals surface area contributed by atoms with Crippen molar-refractivity contribution < 1.29 is 9.21 Å². The Kier molecular flexibility index (Phi) is 4.35. The minimum absolute atomic E-state index is 0.0143. The molecule has 0 saturated heterocycles. The number of amides is 1. The normalized spacial score (nSPS) is 10.4. The lowest BCUT2D eigenvalue weighted by Crippen LogP contribution is -2.12. The molecule has 3 nitrogen and oxygen atoms in total. The van der Waals surface area contributed by atoms with Crippen LogP contribution in [0.25, 0.3) is 11.3 Å². The summed E-state index contributed by atoms with van der Waals surface area (Å²) < 4.78 is 5.37. The summed E-state index contributed by atoms with van der Waals surface area (Å²) in [6.45, 7) is 0. The van der Waals surface area contributed by atoms with Crippen molar-refractivity contribution in [2.75, 3.05) is 5.32 Å². The molecule has 1 aromatic heterocycles. The first kappa shape index (κ1) is 14.1. The summed E-state index contributed by atoms with van der Waals surface area (Å²) in [7, 11) is 0. The highest BCUT2D eigenvalue weighted by Crippen LogP contribution is 2.23. The Balaban J connectivity index is 1.61. The molecule has 0 unspecified atom stereocenters. The van der Waals surface area contributed by atoms with Gasteiger partial charge in [-0.1, -0.05) is 42.5 Å². The Morgan fingerprint density at radius 3 is 2.59 bits per heavy atom. The molecule has 1 N–H and O–H groups in total. The molecular formula is C19H17NO2. The van der Waals surface area contributed by atoms with E-state index in [0.29, 0.717) is 6.42 Å².